The molecule has 0 aromatic heterocycles. The van der Waals surface area contributed by atoms with Crippen molar-refractivity contribution in [1.29, 1.82) is 0 Å². The Hall–Kier alpha value is -1.93. The summed E-state index contributed by atoms with van der Waals surface area (Å²) in [4.78, 5) is 0. The van der Waals surface area contributed by atoms with Crippen molar-refractivity contribution >= 4 is 33.1 Å². The SMILES string of the molecule is CCCCCCCCCCOc1c2ccccc2c(OCCCCCCCCCC)c2cc(Cl)ccc12. The van der Waals surface area contributed by atoms with Gasteiger partial charge in [-0.1, -0.05) is 140 Å². The molecule has 0 unspecified atom stereocenters. The number of rotatable bonds is 20. The maximum atomic E-state index is 6.47. The van der Waals surface area contributed by atoms with Crippen molar-refractivity contribution in [2.24, 2.45) is 0 Å². The van der Waals surface area contributed by atoms with Crippen molar-refractivity contribution in [3.63, 3.8) is 0 Å². The molecule has 0 aliphatic carbocycles. The number of hydrogen-bond donors (Lipinski definition) is 0. The lowest BCUT2D eigenvalue weighted by molar-refractivity contribution is 0.306. The van der Waals surface area contributed by atoms with Crippen LogP contribution in [-0.4, -0.2) is 13.2 Å². The highest BCUT2D eigenvalue weighted by atomic mass is 35.5. The second-order valence-corrected chi connectivity index (χ2v) is 11.0. The van der Waals surface area contributed by atoms with E-state index in [1.807, 2.05) is 12.1 Å². The van der Waals surface area contributed by atoms with Crippen LogP contribution in [0.15, 0.2) is 42.5 Å². The maximum absolute atomic E-state index is 6.47. The van der Waals surface area contributed by atoms with Gasteiger partial charge in [0.05, 0.1) is 13.2 Å². The average Bonchev–Trinajstić information content (AvgIpc) is 2.91. The van der Waals surface area contributed by atoms with E-state index in [-0.39, 0.29) is 0 Å². The van der Waals surface area contributed by atoms with Gasteiger partial charge >= 0.3 is 0 Å². The van der Waals surface area contributed by atoms with Gasteiger partial charge in [-0.25, -0.2) is 0 Å². The van der Waals surface area contributed by atoms with Crippen LogP contribution in [0.4, 0.5) is 0 Å². The largest absolute Gasteiger partial charge is 0.492 e. The van der Waals surface area contributed by atoms with Gasteiger partial charge in [0, 0.05) is 26.6 Å². The third kappa shape index (κ3) is 9.71. The molecule has 0 spiro atoms. The zero-order valence-corrected chi connectivity index (χ0v) is 24.2. The second-order valence-electron chi connectivity index (χ2n) is 10.5. The van der Waals surface area contributed by atoms with Gasteiger partial charge in [-0.05, 0) is 31.0 Å². The Labute approximate surface area is 231 Å². The van der Waals surface area contributed by atoms with E-state index in [0.29, 0.717) is 0 Å². The van der Waals surface area contributed by atoms with E-state index in [0.717, 1.165) is 64.1 Å². The Morgan fingerprint density at radius 2 is 0.892 bits per heavy atom. The van der Waals surface area contributed by atoms with Crippen LogP contribution >= 0.6 is 11.6 Å². The van der Waals surface area contributed by atoms with Crippen LogP contribution in [0.5, 0.6) is 11.5 Å². The minimum absolute atomic E-state index is 0.730. The van der Waals surface area contributed by atoms with Gasteiger partial charge in [0.15, 0.2) is 0 Å². The Bertz CT molecular complexity index is 1040. The molecule has 3 aromatic carbocycles. The summed E-state index contributed by atoms with van der Waals surface area (Å²) in [6, 6.07) is 14.6. The van der Waals surface area contributed by atoms with E-state index in [4.69, 9.17) is 21.1 Å². The summed E-state index contributed by atoms with van der Waals surface area (Å²) >= 11 is 6.46. The predicted octanol–water partition coefficient (Wildman–Crippen LogP) is 11.7. The lowest BCUT2D eigenvalue weighted by atomic mass is 10.0. The highest BCUT2D eigenvalue weighted by Crippen LogP contribution is 2.43. The van der Waals surface area contributed by atoms with Crippen LogP contribution in [0.3, 0.4) is 0 Å². The first-order valence-corrected chi connectivity index (χ1v) is 15.5. The van der Waals surface area contributed by atoms with Crippen LogP contribution in [0.1, 0.15) is 117 Å². The first-order valence-electron chi connectivity index (χ1n) is 15.2. The molecule has 0 N–H and O–H groups in total. The number of unbranched alkanes of at least 4 members (excludes halogenated alkanes) is 14. The first kappa shape index (κ1) is 29.6. The highest BCUT2D eigenvalue weighted by molar-refractivity contribution is 6.31. The van der Waals surface area contributed by atoms with Crippen molar-refractivity contribution < 1.29 is 9.47 Å². The molecule has 37 heavy (non-hydrogen) atoms. The molecule has 0 heterocycles. The van der Waals surface area contributed by atoms with Gasteiger partial charge in [-0.3, -0.25) is 0 Å². The molecule has 3 rings (SSSR count). The third-order valence-corrected chi connectivity index (χ3v) is 7.61. The topological polar surface area (TPSA) is 18.5 Å². The van der Waals surface area contributed by atoms with Gasteiger partial charge < -0.3 is 9.47 Å². The van der Waals surface area contributed by atoms with E-state index < -0.39 is 0 Å². The number of halogens is 1. The van der Waals surface area contributed by atoms with Crippen LogP contribution in [0.2, 0.25) is 5.02 Å². The summed E-state index contributed by atoms with van der Waals surface area (Å²) in [6.07, 6.45) is 20.7. The molecule has 0 aliphatic rings. The van der Waals surface area contributed by atoms with Crippen molar-refractivity contribution in [3.05, 3.63) is 47.5 Å². The molecule has 0 amide bonds. The lowest BCUT2D eigenvalue weighted by Crippen LogP contribution is -2.02. The summed E-state index contributed by atoms with van der Waals surface area (Å²) in [7, 11) is 0. The molecule has 0 aliphatic heterocycles. The quantitative estimate of drug-likeness (QED) is 0.108. The van der Waals surface area contributed by atoms with Crippen molar-refractivity contribution in [3.8, 4) is 11.5 Å². The predicted molar refractivity (Wildman–Crippen MR) is 163 cm³/mol. The van der Waals surface area contributed by atoms with Crippen LogP contribution in [-0.2, 0) is 0 Å². The van der Waals surface area contributed by atoms with Gasteiger partial charge in [-0.2, -0.15) is 0 Å². The monoisotopic (exact) mass is 524 g/mol. The normalized spacial score (nSPS) is 11.4. The van der Waals surface area contributed by atoms with E-state index in [2.05, 4.69) is 44.2 Å². The highest BCUT2D eigenvalue weighted by Gasteiger charge is 2.16. The Kier molecular flexibility index (Phi) is 14.1. The van der Waals surface area contributed by atoms with Crippen molar-refractivity contribution in [2.75, 3.05) is 13.2 Å². The van der Waals surface area contributed by atoms with Crippen LogP contribution in [0, 0.1) is 0 Å². The molecule has 0 fully saturated rings. The summed E-state index contributed by atoms with van der Waals surface area (Å²) in [5, 5.41) is 5.12. The fourth-order valence-electron chi connectivity index (χ4n) is 5.20. The summed E-state index contributed by atoms with van der Waals surface area (Å²) < 4.78 is 12.9. The van der Waals surface area contributed by atoms with E-state index >= 15 is 0 Å². The Morgan fingerprint density at radius 3 is 1.38 bits per heavy atom. The van der Waals surface area contributed by atoms with Crippen molar-refractivity contribution in [2.45, 2.75) is 117 Å². The number of fused-ring (bicyclic) bond motifs is 2. The van der Waals surface area contributed by atoms with Crippen LogP contribution < -0.4 is 9.47 Å². The maximum Gasteiger partial charge on any atom is 0.135 e. The summed E-state index contributed by atoms with van der Waals surface area (Å²) in [6.45, 7) is 6.02. The molecule has 0 saturated carbocycles. The zero-order chi connectivity index (χ0) is 26.1. The van der Waals surface area contributed by atoms with Crippen molar-refractivity contribution in [1.82, 2.24) is 0 Å². The van der Waals surface area contributed by atoms with Gasteiger partial charge in [-0.15, -0.1) is 0 Å². The smallest absolute Gasteiger partial charge is 0.135 e. The number of benzene rings is 3. The standard InChI is InChI=1S/C34H49ClO2/c1-3-5-7-9-11-13-15-19-25-36-33-29-21-17-18-22-30(29)34(32-27-28(35)23-24-31(32)33)37-26-20-16-14-12-10-8-6-4-2/h17-18,21-24,27H,3-16,19-20,25-26H2,1-2H3. The van der Waals surface area contributed by atoms with Gasteiger partial charge in [0.1, 0.15) is 11.5 Å². The summed E-state index contributed by atoms with van der Waals surface area (Å²) in [5.41, 5.74) is 0. The minimum atomic E-state index is 0.730. The van der Waals surface area contributed by atoms with Gasteiger partial charge in [0.2, 0.25) is 0 Å². The van der Waals surface area contributed by atoms with Crippen LogP contribution in [0.25, 0.3) is 21.5 Å². The van der Waals surface area contributed by atoms with Gasteiger partial charge in [0.25, 0.3) is 0 Å². The van der Waals surface area contributed by atoms with E-state index in [1.165, 1.54) is 89.9 Å². The molecule has 0 atom stereocenters. The molecule has 0 radical (unpaired) electrons. The molecule has 204 valence electrons. The number of ether oxygens (including phenoxy) is 2. The molecular formula is C34H49ClO2. The van der Waals surface area contributed by atoms with E-state index in [9.17, 15) is 0 Å². The lowest BCUT2D eigenvalue weighted by Gasteiger charge is -2.18. The second kappa shape index (κ2) is 17.6. The first-order chi connectivity index (χ1) is 18.3. The molecule has 0 saturated heterocycles. The fraction of sp³-hybridized carbons (Fsp3) is 0.588. The molecule has 3 aromatic rings. The Morgan fingerprint density at radius 1 is 0.486 bits per heavy atom. The minimum Gasteiger partial charge on any atom is -0.492 e. The third-order valence-electron chi connectivity index (χ3n) is 7.38. The zero-order valence-electron chi connectivity index (χ0n) is 23.5. The van der Waals surface area contributed by atoms with E-state index in [1.54, 1.807) is 0 Å². The Balaban J connectivity index is 1.63. The molecule has 0 bridgehead atoms. The summed E-state index contributed by atoms with van der Waals surface area (Å²) in [5.74, 6) is 1.90. The molecule has 3 heteroatoms. The fourth-order valence-corrected chi connectivity index (χ4v) is 5.38. The molecule has 2 nitrogen and oxygen atoms in total. The number of hydrogen-bond acceptors (Lipinski definition) is 2. The molecular weight excluding hydrogens is 476 g/mol. The average molecular weight is 525 g/mol.